The molecule has 0 aliphatic heterocycles. The minimum atomic E-state index is -0.528. The normalized spacial score (nSPS) is 12.6. The van der Waals surface area contributed by atoms with E-state index in [0.29, 0.717) is 19.8 Å². The Bertz CT molecular complexity index is 737. The lowest BCUT2D eigenvalue weighted by Crippen LogP contribution is -2.27. The van der Waals surface area contributed by atoms with Crippen molar-refractivity contribution >= 4 is 11.0 Å². The van der Waals surface area contributed by atoms with Gasteiger partial charge in [-0.1, -0.05) is 42.5 Å². The van der Waals surface area contributed by atoms with E-state index in [2.05, 4.69) is 21.3 Å². The van der Waals surface area contributed by atoms with Crippen molar-refractivity contribution in [2.75, 3.05) is 6.61 Å². The number of aromatic nitrogens is 2. The van der Waals surface area contributed by atoms with Gasteiger partial charge in [0, 0.05) is 0 Å². The number of fused-ring (bicyclic) bond motifs is 1. The summed E-state index contributed by atoms with van der Waals surface area (Å²) in [7, 11) is 2.01. The standard InChI is InChI=1S/C18H21N2O2/c1-19-14-20(18-10-6-5-9-17(18)19)11-16(21)13-22-12-15-7-3-2-4-8-15/h2-10,14,16,21H,11-13H2,1H3/q+1/t16-/m0/s1. The second-order valence-electron chi connectivity index (χ2n) is 5.52. The van der Waals surface area contributed by atoms with Crippen LogP contribution in [0.25, 0.3) is 11.0 Å². The number of imidazole rings is 1. The van der Waals surface area contributed by atoms with Gasteiger partial charge in [0.25, 0.3) is 0 Å². The van der Waals surface area contributed by atoms with Crippen LogP contribution in [0.4, 0.5) is 0 Å². The number of nitrogens with zero attached hydrogens (tertiary/aromatic N) is 2. The number of aryl methyl sites for hydroxylation is 1. The van der Waals surface area contributed by atoms with Gasteiger partial charge in [0.05, 0.1) is 20.3 Å². The third-order valence-electron chi connectivity index (χ3n) is 3.71. The van der Waals surface area contributed by atoms with Gasteiger partial charge in [-0.25, -0.2) is 9.13 Å². The highest BCUT2D eigenvalue weighted by Crippen LogP contribution is 2.11. The maximum absolute atomic E-state index is 10.2. The Kier molecular flexibility index (Phi) is 4.51. The van der Waals surface area contributed by atoms with E-state index < -0.39 is 6.10 Å². The van der Waals surface area contributed by atoms with Gasteiger partial charge in [-0.05, 0) is 17.7 Å². The van der Waals surface area contributed by atoms with Crippen molar-refractivity contribution in [3.05, 3.63) is 66.5 Å². The molecule has 3 aromatic rings. The first-order valence-corrected chi connectivity index (χ1v) is 7.47. The molecule has 114 valence electrons. The summed E-state index contributed by atoms with van der Waals surface area (Å²) in [6.45, 7) is 1.37. The average Bonchev–Trinajstić information content (AvgIpc) is 2.85. The molecular formula is C18H21N2O2+. The van der Waals surface area contributed by atoms with Crippen molar-refractivity contribution in [2.24, 2.45) is 7.05 Å². The zero-order valence-electron chi connectivity index (χ0n) is 12.7. The number of hydrogen-bond acceptors (Lipinski definition) is 2. The molecule has 0 saturated carbocycles. The molecule has 22 heavy (non-hydrogen) atoms. The molecule has 0 radical (unpaired) electrons. The maximum atomic E-state index is 10.2. The molecule has 0 saturated heterocycles. The zero-order chi connectivity index (χ0) is 15.4. The summed E-state index contributed by atoms with van der Waals surface area (Å²) in [4.78, 5) is 0. The molecule has 0 aliphatic carbocycles. The Hall–Kier alpha value is -2.17. The van der Waals surface area contributed by atoms with Gasteiger partial charge >= 0.3 is 0 Å². The van der Waals surface area contributed by atoms with Crippen molar-refractivity contribution in [1.82, 2.24) is 4.57 Å². The van der Waals surface area contributed by atoms with E-state index in [1.54, 1.807) is 0 Å². The Labute approximate surface area is 130 Å². The first kappa shape index (κ1) is 14.8. The molecule has 1 N–H and O–H groups in total. The van der Waals surface area contributed by atoms with Gasteiger partial charge in [0.2, 0.25) is 6.33 Å². The fraction of sp³-hybridized carbons (Fsp3) is 0.278. The first-order valence-electron chi connectivity index (χ1n) is 7.47. The van der Waals surface area contributed by atoms with Crippen molar-refractivity contribution in [1.29, 1.82) is 0 Å². The van der Waals surface area contributed by atoms with Crippen LogP contribution >= 0.6 is 0 Å². The van der Waals surface area contributed by atoms with E-state index in [4.69, 9.17) is 4.74 Å². The van der Waals surface area contributed by atoms with Crippen LogP contribution in [0.15, 0.2) is 60.9 Å². The number of aliphatic hydroxyl groups excluding tert-OH is 1. The summed E-state index contributed by atoms with van der Waals surface area (Å²) in [6, 6.07) is 18.2. The molecule has 0 aliphatic rings. The number of aliphatic hydroxyl groups is 1. The van der Waals surface area contributed by atoms with E-state index in [-0.39, 0.29) is 0 Å². The Balaban J connectivity index is 1.58. The SMILES string of the molecule is C[n+]1cn(C[C@H](O)COCc2ccccc2)c2ccccc21. The molecule has 4 nitrogen and oxygen atoms in total. The fourth-order valence-electron chi connectivity index (χ4n) is 2.65. The molecule has 0 spiro atoms. The highest BCUT2D eigenvalue weighted by Gasteiger charge is 2.16. The molecule has 3 rings (SSSR count). The van der Waals surface area contributed by atoms with Gasteiger partial charge in [-0.3, -0.25) is 0 Å². The van der Waals surface area contributed by atoms with E-state index in [0.717, 1.165) is 16.6 Å². The molecule has 1 atom stereocenters. The van der Waals surface area contributed by atoms with Gasteiger partial charge in [0.1, 0.15) is 12.6 Å². The molecule has 0 unspecified atom stereocenters. The lowest BCUT2D eigenvalue weighted by Gasteiger charge is -2.09. The number of hydrogen-bond donors (Lipinski definition) is 1. The Morgan fingerprint density at radius 2 is 1.82 bits per heavy atom. The summed E-state index contributed by atoms with van der Waals surface area (Å²) >= 11 is 0. The second kappa shape index (κ2) is 6.73. The Morgan fingerprint density at radius 1 is 1.09 bits per heavy atom. The highest BCUT2D eigenvalue weighted by molar-refractivity contribution is 5.71. The van der Waals surface area contributed by atoms with E-state index in [9.17, 15) is 5.11 Å². The maximum Gasteiger partial charge on any atom is 0.244 e. The van der Waals surface area contributed by atoms with Crippen LogP contribution in [-0.4, -0.2) is 22.4 Å². The van der Waals surface area contributed by atoms with Crippen molar-refractivity contribution in [3.8, 4) is 0 Å². The summed E-state index contributed by atoms with van der Waals surface area (Å²) in [5.74, 6) is 0. The monoisotopic (exact) mass is 297 g/mol. The average molecular weight is 297 g/mol. The van der Waals surface area contributed by atoms with Crippen LogP contribution in [0, 0.1) is 0 Å². The van der Waals surface area contributed by atoms with Crippen LogP contribution in [0.3, 0.4) is 0 Å². The summed E-state index contributed by atoms with van der Waals surface area (Å²) in [5, 5.41) is 10.2. The number of para-hydroxylation sites is 2. The molecule has 0 bridgehead atoms. The van der Waals surface area contributed by atoms with Gasteiger partial charge in [-0.15, -0.1) is 0 Å². The first-order chi connectivity index (χ1) is 10.7. The number of ether oxygens (including phenoxy) is 1. The van der Waals surface area contributed by atoms with Crippen molar-refractivity contribution in [2.45, 2.75) is 19.3 Å². The minimum Gasteiger partial charge on any atom is -0.387 e. The largest absolute Gasteiger partial charge is 0.387 e. The number of benzene rings is 2. The molecule has 1 heterocycles. The third-order valence-corrected chi connectivity index (χ3v) is 3.71. The van der Waals surface area contributed by atoms with Crippen molar-refractivity contribution < 1.29 is 14.4 Å². The van der Waals surface area contributed by atoms with E-state index >= 15 is 0 Å². The zero-order valence-corrected chi connectivity index (χ0v) is 12.7. The smallest absolute Gasteiger partial charge is 0.244 e. The quantitative estimate of drug-likeness (QED) is 0.707. The molecule has 2 aromatic carbocycles. The summed E-state index contributed by atoms with van der Waals surface area (Å²) < 4.78 is 9.73. The molecule has 0 amide bonds. The van der Waals surface area contributed by atoms with Gasteiger partial charge in [0.15, 0.2) is 11.0 Å². The molecule has 0 fully saturated rings. The molecule has 1 aromatic heterocycles. The predicted molar refractivity (Wildman–Crippen MR) is 85.2 cm³/mol. The predicted octanol–water partition coefficient (Wildman–Crippen LogP) is 2.04. The van der Waals surface area contributed by atoms with Crippen LogP contribution in [0.2, 0.25) is 0 Å². The lowest BCUT2D eigenvalue weighted by atomic mass is 10.2. The second-order valence-corrected chi connectivity index (χ2v) is 5.52. The van der Waals surface area contributed by atoms with Gasteiger partial charge < -0.3 is 9.84 Å². The van der Waals surface area contributed by atoms with E-state index in [1.807, 2.05) is 55.8 Å². The topological polar surface area (TPSA) is 38.3 Å². The number of rotatable bonds is 6. The summed E-state index contributed by atoms with van der Waals surface area (Å²) in [6.07, 6.45) is 1.48. The molecule has 4 heteroatoms. The van der Waals surface area contributed by atoms with Crippen LogP contribution in [0.1, 0.15) is 5.56 Å². The summed E-state index contributed by atoms with van der Waals surface area (Å²) in [5.41, 5.74) is 3.39. The van der Waals surface area contributed by atoms with E-state index in [1.165, 1.54) is 0 Å². The minimum absolute atomic E-state index is 0.325. The van der Waals surface area contributed by atoms with Crippen LogP contribution < -0.4 is 4.57 Å². The van der Waals surface area contributed by atoms with Crippen molar-refractivity contribution in [3.63, 3.8) is 0 Å². The lowest BCUT2D eigenvalue weighted by molar-refractivity contribution is -0.645. The molecular weight excluding hydrogens is 276 g/mol. The van der Waals surface area contributed by atoms with Crippen LogP contribution in [0.5, 0.6) is 0 Å². The van der Waals surface area contributed by atoms with Gasteiger partial charge in [-0.2, -0.15) is 0 Å². The van der Waals surface area contributed by atoms with Crippen LogP contribution in [-0.2, 0) is 24.9 Å². The Morgan fingerprint density at radius 3 is 2.64 bits per heavy atom. The fourth-order valence-corrected chi connectivity index (χ4v) is 2.65. The third kappa shape index (κ3) is 3.35. The highest BCUT2D eigenvalue weighted by atomic mass is 16.5.